The zero-order chi connectivity index (χ0) is 19.1. The van der Waals surface area contributed by atoms with Gasteiger partial charge >= 0.3 is 0 Å². The van der Waals surface area contributed by atoms with Crippen molar-refractivity contribution >= 4 is 40.0 Å². The molecule has 27 heavy (non-hydrogen) atoms. The molecule has 0 bridgehead atoms. The second-order valence-corrected chi connectivity index (χ2v) is 7.50. The molecule has 0 saturated heterocycles. The lowest BCUT2D eigenvalue weighted by molar-refractivity contribution is -0.133. The van der Waals surface area contributed by atoms with Crippen LogP contribution < -0.4 is 5.73 Å². The fourth-order valence-corrected chi connectivity index (χ4v) is 4.12. The molecule has 1 unspecified atom stereocenters. The molecule has 3 N–H and O–H groups in total. The average Bonchev–Trinajstić information content (AvgIpc) is 3.01. The van der Waals surface area contributed by atoms with Crippen LogP contribution in [-0.2, 0) is 11.2 Å². The van der Waals surface area contributed by atoms with Gasteiger partial charge in [0.2, 0.25) is 5.91 Å². The highest BCUT2D eigenvalue weighted by atomic mass is 35.5. The Hall–Kier alpha value is -2.08. The van der Waals surface area contributed by atoms with Crippen molar-refractivity contribution < 1.29 is 9.18 Å². The maximum absolute atomic E-state index is 14.2. The van der Waals surface area contributed by atoms with Crippen molar-refractivity contribution in [2.45, 2.75) is 18.9 Å². The van der Waals surface area contributed by atoms with Gasteiger partial charge in [0.15, 0.2) is 0 Å². The molecule has 2 aromatic carbocycles. The number of benzene rings is 2. The zero-order valence-electron chi connectivity index (χ0n) is 14.4. The third-order valence-corrected chi connectivity index (χ3v) is 5.57. The largest absolute Gasteiger partial charge is 0.356 e. The number of halogens is 3. The number of carbonyl (C=O) groups is 1. The van der Waals surface area contributed by atoms with Gasteiger partial charge in [0.25, 0.3) is 0 Å². The number of hydrogen-bond donors (Lipinski definition) is 2. The zero-order valence-corrected chi connectivity index (χ0v) is 15.9. The summed E-state index contributed by atoms with van der Waals surface area (Å²) >= 11 is 12.0. The lowest BCUT2D eigenvalue weighted by Crippen LogP contribution is -2.41. The standard InChI is InChI=1S/C20H18Cl2FN3O/c21-12-2-4-17-14(10-12)13-6-8-26(18(27)5-7-24)20(19(13)25-17)11-1-3-15(22)16(23)9-11/h1-4,9-10,20,25H,5-8,24H2. The molecule has 1 aliphatic rings. The summed E-state index contributed by atoms with van der Waals surface area (Å²) in [4.78, 5) is 17.9. The molecule has 140 valence electrons. The van der Waals surface area contributed by atoms with Gasteiger partial charge in [-0.25, -0.2) is 4.39 Å². The monoisotopic (exact) mass is 405 g/mol. The quantitative estimate of drug-likeness (QED) is 0.676. The molecule has 1 aliphatic heterocycles. The number of nitrogens with one attached hydrogen (secondary N) is 1. The van der Waals surface area contributed by atoms with Gasteiger partial charge in [-0.15, -0.1) is 0 Å². The molecule has 0 spiro atoms. The molecule has 1 aromatic heterocycles. The number of rotatable bonds is 3. The fourth-order valence-electron chi connectivity index (χ4n) is 3.83. The number of nitrogens with zero attached hydrogens (tertiary/aromatic N) is 1. The van der Waals surface area contributed by atoms with E-state index in [0.29, 0.717) is 23.6 Å². The Morgan fingerprint density at radius 2 is 2.07 bits per heavy atom. The number of aromatic amines is 1. The van der Waals surface area contributed by atoms with Crippen LogP contribution in [0.3, 0.4) is 0 Å². The van der Waals surface area contributed by atoms with Crippen molar-refractivity contribution in [1.29, 1.82) is 0 Å². The lowest BCUT2D eigenvalue weighted by atomic mass is 9.92. The van der Waals surface area contributed by atoms with Crippen LogP contribution in [0.15, 0.2) is 36.4 Å². The normalized spacial score (nSPS) is 16.6. The molecule has 4 rings (SSSR count). The number of fused-ring (bicyclic) bond motifs is 3. The second-order valence-electron chi connectivity index (χ2n) is 6.66. The third-order valence-electron chi connectivity index (χ3n) is 5.03. The fraction of sp³-hybridized carbons (Fsp3) is 0.250. The van der Waals surface area contributed by atoms with Crippen LogP contribution in [0.4, 0.5) is 4.39 Å². The van der Waals surface area contributed by atoms with Gasteiger partial charge in [-0.1, -0.05) is 29.3 Å². The lowest BCUT2D eigenvalue weighted by Gasteiger charge is -2.36. The van der Waals surface area contributed by atoms with Crippen LogP contribution in [0.1, 0.15) is 29.3 Å². The van der Waals surface area contributed by atoms with Gasteiger partial charge in [-0.05, 0) is 47.9 Å². The van der Waals surface area contributed by atoms with E-state index >= 15 is 0 Å². The van der Waals surface area contributed by atoms with Crippen LogP contribution in [0.5, 0.6) is 0 Å². The molecule has 3 aromatic rings. The van der Waals surface area contributed by atoms with Crippen molar-refractivity contribution in [3.63, 3.8) is 0 Å². The highest BCUT2D eigenvalue weighted by Crippen LogP contribution is 2.39. The van der Waals surface area contributed by atoms with Gasteiger partial charge in [0, 0.05) is 41.1 Å². The molecular formula is C20H18Cl2FN3O. The summed E-state index contributed by atoms with van der Waals surface area (Å²) in [6.45, 7) is 0.798. The molecule has 0 saturated carbocycles. The van der Waals surface area contributed by atoms with Gasteiger partial charge in [-0.2, -0.15) is 0 Å². The van der Waals surface area contributed by atoms with E-state index in [-0.39, 0.29) is 23.9 Å². The van der Waals surface area contributed by atoms with E-state index in [4.69, 9.17) is 28.9 Å². The molecule has 2 heterocycles. The Bertz CT molecular complexity index is 1030. The van der Waals surface area contributed by atoms with E-state index in [2.05, 4.69) is 4.98 Å². The van der Waals surface area contributed by atoms with E-state index in [9.17, 15) is 9.18 Å². The molecule has 1 amide bonds. The van der Waals surface area contributed by atoms with Gasteiger partial charge < -0.3 is 15.6 Å². The second kappa shape index (κ2) is 7.15. The summed E-state index contributed by atoms with van der Waals surface area (Å²) in [7, 11) is 0. The van der Waals surface area contributed by atoms with E-state index in [1.165, 1.54) is 12.1 Å². The van der Waals surface area contributed by atoms with Crippen molar-refractivity contribution in [1.82, 2.24) is 9.88 Å². The SMILES string of the molecule is NCCC(=O)N1CCc2c([nH]c3ccc(Cl)cc23)C1c1ccc(Cl)c(F)c1. The Labute approximate surface area is 166 Å². The first-order valence-corrected chi connectivity index (χ1v) is 9.49. The summed E-state index contributed by atoms with van der Waals surface area (Å²) in [6.07, 6.45) is 0.937. The summed E-state index contributed by atoms with van der Waals surface area (Å²) < 4.78 is 14.2. The van der Waals surface area contributed by atoms with E-state index in [1.807, 2.05) is 18.2 Å². The first-order valence-electron chi connectivity index (χ1n) is 8.74. The highest BCUT2D eigenvalue weighted by Gasteiger charge is 2.34. The molecular weight excluding hydrogens is 388 g/mol. The molecule has 4 nitrogen and oxygen atoms in total. The van der Waals surface area contributed by atoms with Crippen molar-refractivity contribution in [3.05, 3.63) is 69.1 Å². The molecule has 0 fully saturated rings. The van der Waals surface area contributed by atoms with Crippen LogP contribution in [0.25, 0.3) is 10.9 Å². The maximum atomic E-state index is 14.2. The average molecular weight is 406 g/mol. The van der Waals surface area contributed by atoms with Crippen molar-refractivity contribution in [2.24, 2.45) is 5.73 Å². The van der Waals surface area contributed by atoms with Crippen LogP contribution in [0, 0.1) is 5.82 Å². The first kappa shape index (κ1) is 18.3. The molecule has 1 atom stereocenters. The third kappa shape index (κ3) is 3.20. The summed E-state index contributed by atoms with van der Waals surface area (Å²) in [5.74, 6) is -0.563. The Morgan fingerprint density at radius 3 is 2.81 bits per heavy atom. The first-order chi connectivity index (χ1) is 13.0. The maximum Gasteiger partial charge on any atom is 0.224 e. The predicted molar refractivity (Wildman–Crippen MR) is 106 cm³/mol. The van der Waals surface area contributed by atoms with Crippen LogP contribution in [-0.4, -0.2) is 28.9 Å². The van der Waals surface area contributed by atoms with Gasteiger partial charge in [0.05, 0.1) is 11.1 Å². The minimum Gasteiger partial charge on any atom is -0.356 e. The molecule has 7 heteroatoms. The molecule has 0 radical (unpaired) electrons. The smallest absolute Gasteiger partial charge is 0.224 e. The predicted octanol–water partition coefficient (Wildman–Crippen LogP) is 4.44. The van der Waals surface area contributed by atoms with E-state index in [1.54, 1.807) is 11.0 Å². The number of aromatic nitrogens is 1. The van der Waals surface area contributed by atoms with Crippen LogP contribution >= 0.6 is 23.2 Å². The number of nitrogens with two attached hydrogens (primary N) is 1. The minimum atomic E-state index is -0.508. The number of H-pyrrole nitrogens is 1. The summed E-state index contributed by atoms with van der Waals surface area (Å²) in [6, 6.07) is 9.90. The Balaban J connectivity index is 1.90. The Kier molecular flexibility index (Phi) is 4.84. The van der Waals surface area contributed by atoms with Gasteiger partial charge in [0.1, 0.15) is 5.82 Å². The summed E-state index contributed by atoms with van der Waals surface area (Å²) in [5.41, 5.74) is 9.18. The van der Waals surface area contributed by atoms with Crippen LogP contribution in [0.2, 0.25) is 10.0 Å². The van der Waals surface area contributed by atoms with Gasteiger partial charge in [-0.3, -0.25) is 4.79 Å². The number of amides is 1. The molecule has 0 aliphatic carbocycles. The van der Waals surface area contributed by atoms with E-state index < -0.39 is 11.9 Å². The summed E-state index contributed by atoms with van der Waals surface area (Å²) in [5, 5.41) is 1.74. The number of carbonyl (C=O) groups excluding carboxylic acids is 1. The van der Waals surface area contributed by atoms with E-state index in [0.717, 1.165) is 22.2 Å². The topological polar surface area (TPSA) is 62.1 Å². The number of hydrogen-bond acceptors (Lipinski definition) is 2. The highest BCUT2D eigenvalue weighted by molar-refractivity contribution is 6.31. The van der Waals surface area contributed by atoms with Crippen molar-refractivity contribution in [2.75, 3.05) is 13.1 Å². The Morgan fingerprint density at radius 1 is 1.26 bits per heavy atom. The van der Waals surface area contributed by atoms with Crippen molar-refractivity contribution in [3.8, 4) is 0 Å². The minimum absolute atomic E-state index is 0.0537.